The first kappa shape index (κ1) is 14.4. The maximum Gasteiger partial charge on any atom is 0.391 e. The standard InChI is InChI=1S/C16H19F3N2/c1-9-6-10(2)14-13(7-9)20-15(21-14)11-4-3-5-12(8-11)16(17,18)19/h6-7,11-12H,3-5,8H2,1-2H3,(H,20,21). The van der Waals surface area contributed by atoms with Gasteiger partial charge in [0, 0.05) is 5.92 Å². The molecule has 2 atom stereocenters. The lowest BCUT2D eigenvalue weighted by Gasteiger charge is -2.29. The highest BCUT2D eigenvalue weighted by Crippen LogP contribution is 2.43. The van der Waals surface area contributed by atoms with Crippen LogP contribution in [0.25, 0.3) is 11.0 Å². The summed E-state index contributed by atoms with van der Waals surface area (Å²) in [6.45, 7) is 3.99. The summed E-state index contributed by atoms with van der Waals surface area (Å²) in [6, 6.07) is 4.05. The summed E-state index contributed by atoms with van der Waals surface area (Å²) in [5.41, 5.74) is 4.00. The first-order valence-corrected chi connectivity index (χ1v) is 7.38. The maximum absolute atomic E-state index is 12.9. The first-order valence-electron chi connectivity index (χ1n) is 7.38. The van der Waals surface area contributed by atoms with Crippen molar-refractivity contribution in [1.29, 1.82) is 0 Å². The molecule has 5 heteroatoms. The average Bonchev–Trinajstić information content (AvgIpc) is 2.82. The fraction of sp³-hybridized carbons (Fsp3) is 0.562. The number of hydrogen-bond donors (Lipinski definition) is 1. The van der Waals surface area contributed by atoms with Crippen molar-refractivity contribution in [2.75, 3.05) is 0 Å². The molecule has 0 saturated heterocycles. The number of rotatable bonds is 1. The van der Waals surface area contributed by atoms with Gasteiger partial charge in [-0.05, 0) is 50.3 Å². The predicted octanol–water partition coefficient (Wildman–Crippen LogP) is 5.02. The van der Waals surface area contributed by atoms with Crippen LogP contribution < -0.4 is 0 Å². The van der Waals surface area contributed by atoms with Crippen LogP contribution in [0.5, 0.6) is 0 Å². The van der Waals surface area contributed by atoms with Gasteiger partial charge in [0.25, 0.3) is 0 Å². The molecule has 0 spiro atoms. The lowest BCUT2D eigenvalue weighted by molar-refractivity contribution is -0.183. The summed E-state index contributed by atoms with van der Waals surface area (Å²) in [4.78, 5) is 7.81. The van der Waals surface area contributed by atoms with Crippen LogP contribution in [0.1, 0.15) is 48.6 Å². The van der Waals surface area contributed by atoms with Crippen LogP contribution in [-0.2, 0) is 0 Å². The second kappa shape index (κ2) is 5.04. The third kappa shape index (κ3) is 2.78. The molecule has 2 nitrogen and oxygen atoms in total. The molecule has 2 aromatic rings. The Kier molecular flexibility index (Phi) is 3.46. The molecule has 0 radical (unpaired) electrons. The molecule has 1 saturated carbocycles. The van der Waals surface area contributed by atoms with E-state index in [2.05, 4.69) is 9.97 Å². The summed E-state index contributed by atoms with van der Waals surface area (Å²) >= 11 is 0. The molecule has 0 bridgehead atoms. The smallest absolute Gasteiger partial charge is 0.342 e. The molecular formula is C16H19F3N2. The van der Waals surface area contributed by atoms with E-state index in [4.69, 9.17) is 0 Å². The molecule has 1 fully saturated rings. The number of alkyl halides is 3. The van der Waals surface area contributed by atoms with Gasteiger partial charge in [0.05, 0.1) is 17.0 Å². The molecule has 1 N–H and O–H groups in total. The van der Waals surface area contributed by atoms with E-state index in [0.29, 0.717) is 12.2 Å². The third-order valence-electron chi connectivity index (χ3n) is 4.46. The number of H-pyrrole nitrogens is 1. The Balaban J connectivity index is 1.91. The number of aromatic amines is 1. The molecule has 2 unspecified atom stereocenters. The zero-order chi connectivity index (χ0) is 15.2. The quantitative estimate of drug-likeness (QED) is 0.786. The number of aromatic nitrogens is 2. The molecule has 1 aliphatic carbocycles. The average molecular weight is 296 g/mol. The van der Waals surface area contributed by atoms with Crippen LogP contribution in [0.2, 0.25) is 0 Å². The van der Waals surface area contributed by atoms with E-state index in [1.165, 1.54) is 0 Å². The molecule has 3 rings (SSSR count). The van der Waals surface area contributed by atoms with E-state index in [1.807, 2.05) is 26.0 Å². The van der Waals surface area contributed by atoms with Crippen molar-refractivity contribution >= 4 is 11.0 Å². The number of hydrogen-bond acceptors (Lipinski definition) is 1. The van der Waals surface area contributed by atoms with Gasteiger partial charge in [0.2, 0.25) is 0 Å². The zero-order valence-electron chi connectivity index (χ0n) is 12.2. The van der Waals surface area contributed by atoms with E-state index >= 15 is 0 Å². The molecule has 1 heterocycles. The second-order valence-electron chi connectivity index (χ2n) is 6.20. The minimum absolute atomic E-state index is 0.113. The minimum atomic E-state index is -4.09. The number of halogens is 3. The van der Waals surface area contributed by atoms with Crippen LogP contribution in [0.3, 0.4) is 0 Å². The summed E-state index contributed by atoms with van der Waals surface area (Å²) < 4.78 is 38.8. The summed E-state index contributed by atoms with van der Waals surface area (Å²) in [5, 5.41) is 0. The minimum Gasteiger partial charge on any atom is -0.342 e. The van der Waals surface area contributed by atoms with Gasteiger partial charge in [-0.15, -0.1) is 0 Å². The van der Waals surface area contributed by atoms with Gasteiger partial charge in [-0.2, -0.15) is 13.2 Å². The van der Waals surface area contributed by atoms with Crippen LogP contribution in [-0.4, -0.2) is 16.1 Å². The van der Waals surface area contributed by atoms with Crippen molar-refractivity contribution in [3.63, 3.8) is 0 Å². The summed E-state index contributed by atoms with van der Waals surface area (Å²) in [6.07, 6.45) is -2.29. The summed E-state index contributed by atoms with van der Waals surface area (Å²) in [7, 11) is 0. The van der Waals surface area contributed by atoms with Crippen molar-refractivity contribution in [3.8, 4) is 0 Å². The molecule has 1 aromatic heterocycles. The number of aryl methyl sites for hydroxylation is 2. The number of nitrogens with zero attached hydrogens (tertiary/aromatic N) is 1. The lowest BCUT2D eigenvalue weighted by atomic mass is 9.80. The van der Waals surface area contributed by atoms with Gasteiger partial charge in [0.1, 0.15) is 5.82 Å². The van der Waals surface area contributed by atoms with Crippen LogP contribution in [0.4, 0.5) is 13.2 Å². The van der Waals surface area contributed by atoms with Gasteiger partial charge in [-0.25, -0.2) is 4.98 Å². The van der Waals surface area contributed by atoms with Crippen molar-refractivity contribution < 1.29 is 13.2 Å². The highest BCUT2D eigenvalue weighted by atomic mass is 19.4. The molecule has 0 aliphatic heterocycles. The highest BCUT2D eigenvalue weighted by Gasteiger charge is 2.42. The lowest BCUT2D eigenvalue weighted by Crippen LogP contribution is -2.28. The maximum atomic E-state index is 12.9. The molecule has 0 amide bonds. The molecule has 1 aromatic carbocycles. The van der Waals surface area contributed by atoms with Crippen LogP contribution in [0.15, 0.2) is 12.1 Å². The number of benzene rings is 1. The Morgan fingerprint density at radius 2 is 1.95 bits per heavy atom. The monoisotopic (exact) mass is 296 g/mol. The topological polar surface area (TPSA) is 28.7 Å². The van der Waals surface area contributed by atoms with Crippen LogP contribution in [0, 0.1) is 19.8 Å². The SMILES string of the molecule is Cc1cc(C)c2nc(C3CCCC(C(F)(F)F)C3)[nH]c2c1. The van der Waals surface area contributed by atoms with Crippen molar-refractivity contribution in [3.05, 3.63) is 29.1 Å². The third-order valence-corrected chi connectivity index (χ3v) is 4.46. The van der Waals surface area contributed by atoms with Crippen molar-refractivity contribution in [2.45, 2.75) is 51.6 Å². The highest BCUT2D eigenvalue weighted by molar-refractivity contribution is 5.79. The Morgan fingerprint density at radius 3 is 2.67 bits per heavy atom. The summed E-state index contributed by atoms with van der Waals surface area (Å²) in [5.74, 6) is -0.586. The Bertz CT molecular complexity index is 657. The largest absolute Gasteiger partial charge is 0.391 e. The van der Waals surface area contributed by atoms with Gasteiger partial charge in [0.15, 0.2) is 0 Å². The van der Waals surface area contributed by atoms with Gasteiger partial charge >= 0.3 is 6.18 Å². The van der Waals surface area contributed by atoms with Gasteiger partial charge in [-0.3, -0.25) is 0 Å². The van der Waals surface area contributed by atoms with Gasteiger partial charge < -0.3 is 4.98 Å². The van der Waals surface area contributed by atoms with E-state index in [1.54, 1.807) is 0 Å². The number of fused-ring (bicyclic) bond motifs is 1. The first-order chi connectivity index (χ1) is 9.84. The number of nitrogens with one attached hydrogen (secondary N) is 1. The normalized spacial score (nSPS) is 23.7. The molecule has 21 heavy (non-hydrogen) atoms. The fourth-order valence-electron chi connectivity index (χ4n) is 3.42. The Labute approximate surface area is 121 Å². The zero-order valence-corrected chi connectivity index (χ0v) is 12.2. The van der Waals surface area contributed by atoms with Gasteiger partial charge in [-0.1, -0.05) is 12.5 Å². The molecule has 1 aliphatic rings. The number of imidazole rings is 1. The van der Waals surface area contributed by atoms with Crippen molar-refractivity contribution in [1.82, 2.24) is 9.97 Å². The van der Waals surface area contributed by atoms with E-state index in [0.717, 1.165) is 28.6 Å². The van der Waals surface area contributed by atoms with E-state index in [-0.39, 0.29) is 18.8 Å². The van der Waals surface area contributed by atoms with Crippen LogP contribution >= 0.6 is 0 Å². The predicted molar refractivity (Wildman–Crippen MR) is 76.3 cm³/mol. The Hall–Kier alpha value is -1.52. The molecular weight excluding hydrogens is 277 g/mol. The fourth-order valence-corrected chi connectivity index (χ4v) is 3.42. The Morgan fingerprint density at radius 1 is 1.19 bits per heavy atom. The van der Waals surface area contributed by atoms with E-state index in [9.17, 15) is 13.2 Å². The van der Waals surface area contributed by atoms with Crippen molar-refractivity contribution in [2.24, 2.45) is 5.92 Å². The molecule has 114 valence electrons. The van der Waals surface area contributed by atoms with E-state index < -0.39 is 12.1 Å². The second-order valence-corrected chi connectivity index (χ2v) is 6.20.